The number of aliphatic carboxylic acids is 3. The third-order valence-corrected chi connectivity index (χ3v) is 18.4. The summed E-state index contributed by atoms with van der Waals surface area (Å²) < 4.78 is 40.9. The van der Waals surface area contributed by atoms with Gasteiger partial charge >= 0.3 is 48.7 Å². The van der Waals surface area contributed by atoms with E-state index in [1.54, 1.807) is 77.8 Å². The van der Waals surface area contributed by atoms with Crippen molar-refractivity contribution in [2.45, 2.75) is 104 Å². The Balaban J connectivity index is 0.000000462. The van der Waals surface area contributed by atoms with E-state index in [-0.39, 0.29) is 83.8 Å². The van der Waals surface area contributed by atoms with Crippen LogP contribution in [0.3, 0.4) is 0 Å². The number of nitrogens with zero attached hydrogens (tertiary/aromatic N) is 4. The molecule has 7 aromatic carbocycles. The molecule has 7 aromatic rings. The summed E-state index contributed by atoms with van der Waals surface area (Å²) in [5.74, 6) is 2.88. The maximum atomic E-state index is 11.8. The molecule has 31 heteroatoms. The second-order valence-corrected chi connectivity index (χ2v) is 27.2. The Labute approximate surface area is 716 Å². The first kappa shape index (κ1) is 103. The number of alkyl halides is 1. The Morgan fingerprint density at radius 3 is 1.24 bits per heavy atom. The fraction of sp³-hybridized carbons (Fsp3) is 0.386. The van der Waals surface area contributed by atoms with Gasteiger partial charge in [0, 0.05) is 206 Å². The van der Waals surface area contributed by atoms with Crippen molar-refractivity contribution >= 4 is 109 Å². The summed E-state index contributed by atoms with van der Waals surface area (Å²) in [4.78, 5) is 118. The number of benzene rings is 7. The second-order valence-electron chi connectivity index (χ2n) is 26.5. The van der Waals surface area contributed by atoms with Crippen molar-refractivity contribution in [3.05, 3.63) is 186 Å². The van der Waals surface area contributed by atoms with Crippen LogP contribution in [-0.4, -0.2) is 206 Å². The van der Waals surface area contributed by atoms with Crippen molar-refractivity contribution in [1.82, 2.24) is 0 Å². The summed E-state index contributed by atoms with van der Waals surface area (Å²) in [5, 5.41) is 37.9. The van der Waals surface area contributed by atoms with Gasteiger partial charge in [-0.3, -0.25) is 43.2 Å². The van der Waals surface area contributed by atoms with Gasteiger partial charge in [0.15, 0.2) is 28.9 Å². The van der Waals surface area contributed by atoms with Gasteiger partial charge in [0.25, 0.3) is 0 Å². The number of hydrogen-bond donors (Lipinski definition) is 6. The summed E-state index contributed by atoms with van der Waals surface area (Å²) in [5.41, 5.74) is 15.6. The molecular weight excluding hydrogens is 1600 g/mol. The average Bonchev–Trinajstić information content (AvgIpc) is 0.689. The first-order valence-corrected chi connectivity index (χ1v) is 39.3. The number of carbonyl (C=O) groups is 10. The van der Waals surface area contributed by atoms with Crippen molar-refractivity contribution in [2.75, 3.05) is 152 Å². The summed E-state index contributed by atoms with van der Waals surface area (Å²) in [6.45, 7) is 12.0. The van der Waals surface area contributed by atoms with Gasteiger partial charge in [0.1, 0.15) is 40.2 Å². The number of hydrogen-bond acceptors (Lipinski definition) is 26. The molecule has 5 aliphatic rings. The molecule has 0 fully saturated rings. The van der Waals surface area contributed by atoms with E-state index < -0.39 is 17.9 Å². The van der Waals surface area contributed by atoms with Crippen molar-refractivity contribution < 1.29 is 131 Å². The Hall–Kier alpha value is -11.6. The number of rotatable bonds is 24. The quantitative estimate of drug-likeness (QED) is 0.00817. The number of nitrogens with one attached hydrogen (secondary N) is 1. The van der Waals surface area contributed by atoms with Gasteiger partial charge in [-0.15, -0.1) is 0 Å². The molecule has 29 nitrogen and oxygen atoms in total. The van der Waals surface area contributed by atoms with Gasteiger partial charge in [0.05, 0.1) is 77.6 Å². The van der Waals surface area contributed by atoms with E-state index in [0.717, 1.165) is 141 Å². The van der Waals surface area contributed by atoms with E-state index >= 15 is 0 Å². The first-order valence-electron chi connectivity index (χ1n) is 38.2. The Kier molecular flexibility index (Phi) is 49.3. The number of nitrogen functional groups attached to an aromatic ring is 1. The van der Waals surface area contributed by atoms with E-state index in [9.17, 15) is 53.1 Å². The van der Waals surface area contributed by atoms with Crippen LogP contribution in [0, 0.1) is 0 Å². The molecule has 5 aliphatic heterocycles. The minimum Gasteiger partial charge on any atom is -0.870 e. The van der Waals surface area contributed by atoms with Crippen molar-refractivity contribution in [1.29, 1.82) is 0 Å². The molecule has 0 amide bonds. The van der Waals surface area contributed by atoms with Crippen LogP contribution in [-0.2, 0) is 39.9 Å². The van der Waals surface area contributed by atoms with E-state index in [4.69, 9.17) is 54.2 Å². The maximum Gasteiger partial charge on any atom is 1.00 e. The van der Waals surface area contributed by atoms with Crippen LogP contribution >= 0.6 is 15.9 Å². The molecule has 0 bridgehead atoms. The van der Waals surface area contributed by atoms with E-state index in [0.29, 0.717) is 108 Å². The maximum absolute atomic E-state index is 11.8. The number of ketones is 5. The zero-order chi connectivity index (χ0) is 86.4. The third kappa shape index (κ3) is 37.7. The topological polar surface area (TPSA) is 406 Å². The predicted molar refractivity (Wildman–Crippen MR) is 457 cm³/mol. The zero-order valence-electron chi connectivity index (χ0n) is 69.9. The molecule has 0 saturated heterocycles. The van der Waals surface area contributed by atoms with Crippen LogP contribution in [0.4, 0.5) is 34.1 Å². The number of halogens is 1. The molecule has 0 spiro atoms. The van der Waals surface area contributed by atoms with Crippen LogP contribution in [0.2, 0.25) is 0 Å². The molecule has 0 radical (unpaired) electrons. The molecule has 0 aliphatic carbocycles. The Morgan fingerprint density at radius 2 is 0.832 bits per heavy atom. The number of aromatic hydroxyl groups is 1. The van der Waals surface area contributed by atoms with E-state index in [1.807, 2.05) is 142 Å². The molecule has 8 N–H and O–H groups in total. The van der Waals surface area contributed by atoms with E-state index in [1.165, 1.54) is 0 Å². The summed E-state index contributed by atoms with van der Waals surface area (Å²) in [6, 6.07) is 41.8. The SMILES string of the molecule is C=CC(=O)O.CCOC(=O)CCCBr.CCOC(=O)CCCOc1ccc2c(c1)N(C)CCC2=O.CN1CCC(=O)c2ccc(O)cc21.CN1CCC(=O)c2ccc(OCCCC(=O)O)cc21.COc1ccc2c(c1)N(C)CCC2=O.COc1ccc2c(c1)NCCC2=O.COc1cccc(CCCC(=O)O)c1.COc1cccc(N)c1.[Li+].[OH-]. The summed E-state index contributed by atoms with van der Waals surface area (Å²) in [6.07, 6.45) is 8.29. The number of Topliss-reactive ketones (excluding diaryl/α,β-unsaturated/α-hetero) is 5. The number of phenols is 1. The number of esters is 2. The van der Waals surface area contributed by atoms with Gasteiger partial charge in [-0.1, -0.05) is 40.7 Å². The fourth-order valence-electron chi connectivity index (χ4n) is 11.6. The van der Waals surface area contributed by atoms with Crippen molar-refractivity contribution in [2.24, 2.45) is 0 Å². The molecule has 12 rings (SSSR count). The number of carbonyl (C=O) groups excluding carboxylic acids is 7. The largest absolute Gasteiger partial charge is 1.00 e. The van der Waals surface area contributed by atoms with Crippen LogP contribution in [0.15, 0.2) is 152 Å². The average molecular weight is 1710 g/mol. The number of ether oxygens (including phenoxy) is 8. The molecule has 0 unspecified atom stereocenters. The van der Waals surface area contributed by atoms with Gasteiger partial charge < -0.3 is 94.4 Å². The smallest absolute Gasteiger partial charge is 0.870 e. The second kappa shape index (κ2) is 56.7. The zero-order valence-corrected chi connectivity index (χ0v) is 71.4. The van der Waals surface area contributed by atoms with Gasteiger partial charge in [0.2, 0.25) is 0 Å². The minimum atomic E-state index is -0.981. The number of anilines is 6. The van der Waals surface area contributed by atoms with Crippen LogP contribution in [0.5, 0.6) is 40.2 Å². The number of fused-ring (bicyclic) bond motifs is 5. The first-order chi connectivity index (χ1) is 56.0. The molecule has 5 heterocycles. The molecule has 0 atom stereocenters. The Morgan fingerprint density at radius 1 is 0.471 bits per heavy atom. The number of carboxylic acids is 3. The fourth-order valence-corrected chi connectivity index (χ4v) is 11.8. The molecular formula is C88H112BrLiN6O23. The number of aryl methyl sites for hydroxylation is 1. The summed E-state index contributed by atoms with van der Waals surface area (Å²) >= 11 is 3.22. The van der Waals surface area contributed by atoms with E-state index in [2.05, 4.69) is 42.4 Å². The normalized spacial score (nSPS) is 12.6. The predicted octanol–water partition coefficient (Wildman–Crippen LogP) is 11.4. The molecule has 0 saturated carbocycles. The third-order valence-electron chi connectivity index (χ3n) is 17.8. The Bertz CT molecular complexity index is 4430. The molecule has 640 valence electrons. The van der Waals surface area contributed by atoms with Gasteiger partial charge in [-0.2, -0.15) is 0 Å². The number of nitrogens with two attached hydrogens (primary N) is 1. The van der Waals surface area contributed by atoms with Crippen LogP contribution in [0.25, 0.3) is 0 Å². The van der Waals surface area contributed by atoms with Gasteiger partial charge in [-0.05, 0) is 136 Å². The number of carboxylic acid groups (broad SMARTS) is 3. The minimum absolute atomic E-state index is 0. The molecule has 0 aromatic heterocycles. The van der Waals surface area contributed by atoms with Crippen LogP contribution in [0.1, 0.15) is 155 Å². The number of methoxy groups -OCH3 is 4. The van der Waals surface area contributed by atoms with Crippen molar-refractivity contribution in [3.8, 4) is 40.2 Å². The number of phenolic OH excluding ortho intramolecular Hbond substituents is 1. The van der Waals surface area contributed by atoms with Crippen molar-refractivity contribution in [3.63, 3.8) is 0 Å². The monoisotopic (exact) mass is 1710 g/mol. The van der Waals surface area contributed by atoms with Gasteiger partial charge in [-0.25, -0.2) is 4.79 Å². The standard InChI is InChI=1S/C16H21NO4.C14H17NO4.C11H13NO2.C11H14O3.2C10H11NO2.C7H9NO.C6H11BrO2.C3H4O2.Li.H2O/c1-3-20-16(19)5-4-10-21-12-6-7-13-14(11-12)17(2)9-8-15(13)18;1-15-7-6-13(16)11-5-4-10(9-12(11)15)19-8-2-3-14(17)18;1-12-6-5-11(13)9-4-3-8(14-2)7-10(9)12;1-14-10-6-2-4-9(8-10)5-3-7-11(12)13;1-13-7-2-3-8-9(6-7)11-5-4-10(8)12;1-11-5-4-10(13)8-3-2-7(12)6-9(8)11;1-9-7-4-2-3-6(8)5-7;1-2-9-6(8)4-3-5-7;1-2-3(4)5;;/h6-7,11H,3-5,8-10H2,1-2H3;4-5,9H,2-3,6-8H2,1H3,(H,17,18);3-4,7H,5-6H2,1-2H3;2,4,6,8H,3,5,7H2,1H3,(H,12,13);2-3,6,11H,4-5H2,1H3;2-3,6,12H,4-5H2,1H3;2-5H,8H2,1H3;2-5H2,1H3;2H,1H2,(H,4,5);;1H2/q;;;;;;;;;+1;/p-1. The molecule has 119 heavy (non-hydrogen) atoms. The summed E-state index contributed by atoms with van der Waals surface area (Å²) in [7, 11) is 14.3. The van der Waals surface area contributed by atoms with Crippen LogP contribution < -0.4 is 77.9 Å².